The highest BCUT2D eigenvalue weighted by Gasteiger charge is 2.23. The summed E-state index contributed by atoms with van der Waals surface area (Å²) in [5.74, 6) is -0.218. The molecule has 0 aliphatic carbocycles. The molecule has 8 nitrogen and oxygen atoms in total. The lowest BCUT2D eigenvalue weighted by Crippen LogP contribution is -2.45. The fourth-order valence-corrected chi connectivity index (χ4v) is 7.11. The zero-order valence-corrected chi connectivity index (χ0v) is 39.1. The Balaban J connectivity index is 4.46. The van der Waals surface area contributed by atoms with Crippen LogP contribution in [0.5, 0.6) is 0 Å². The van der Waals surface area contributed by atoms with Crippen molar-refractivity contribution in [3.05, 3.63) is 60.8 Å². The SMILES string of the molecule is CCCCC/C=C\C/C=C\CCCCCCCCCCCC(=O)NC(COP(=O)([O-])OCC[N+](C)(C)C)C(O)/C=C/CC/C=C/CC/C=C/CCCCCCCCC. The van der Waals surface area contributed by atoms with E-state index in [1.165, 1.54) is 122 Å². The number of hydrogen-bond acceptors (Lipinski definition) is 6. The van der Waals surface area contributed by atoms with Gasteiger partial charge in [0.1, 0.15) is 13.2 Å². The molecule has 0 aliphatic rings. The van der Waals surface area contributed by atoms with Crippen LogP contribution < -0.4 is 10.2 Å². The number of likely N-dealkylation sites (N-methyl/N-ethyl adjacent to an activating group) is 1. The molecule has 0 rings (SSSR count). The minimum absolute atomic E-state index is 0.0119. The van der Waals surface area contributed by atoms with Crippen molar-refractivity contribution < 1.29 is 32.9 Å². The molecule has 0 saturated carbocycles. The molecule has 0 aliphatic heterocycles. The molecule has 0 aromatic rings. The fraction of sp³-hybridized carbons (Fsp3) is 0.776. The number of nitrogens with zero attached hydrogens (tertiary/aromatic N) is 1. The highest BCUT2D eigenvalue weighted by atomic mass is 31.2. The van der Waals surface area contributed by atoms with E-state index in [2.05, 4.69) is 67.8 Å². The number of phosphoric acid groups is 1. The molecule has 0 radical (unpaired) electrons. The maximum absolute atomic E-state index is 12.9. The van der Waals surface area contributed by atoms with E-state index >= 15 is 0 Å². The van der Waals surface area contributed by atoms with E-state index in [0.717, 1.165) is 51.4 Å². The standard InChI is InChI=1S/C49H91N2O6P/c1-6-8-10-12-14-16-18-20-22-24-25-27-29-31-33-35-37-39-41-43-49(53)50-47(46-57-58(54,55)56-45-44-51(3,4)5)48(52)42-40-38-36-34-32-30-28-26-23-21-19-17-15-13-11-9-7-2/h14,16,20,22-23,26,32,34,40,42,47-48,52H,6-13,15,17-19,21,24-25,27-31,33,35-39,41,43-46H2,1-5H3,(H-,50,53,54,55)/b16-14-,22-20-,26-23+,34-32+,42-40+. The second-order valence-corrected chi connectivity index (χ2v) is 18.5. The maximum atomic E-state index is 12.9. The van der Waals surface area contributed by atoms with Crippen molar-refractivity contribution in [3.8, 4) is 0 Å². The summed E-state index contributed by atoms with van der Waals surface area (Å²) < 4.78 is 23.2. The van der Waals surface area contributed by atoms with Crippen LogP contribution in [0.2, 0.25) is 0 Å². The van der Waals surface area contributed by atoms with E-state index in [0.29, 0.717) is 17.4 Å². The Morgan fingerprint density at radius 1 is 0.603 bits per heavy atom. The molecule has 2 N–H and O–H groups in total. The third-order valence-electron chi connectivity index (χ3n) is 10.2. The van der Waals surface area contributed by atoms with Crippen LogP contribution in [0.25, 0.3) is 0 Å². The van der Waals surface area contributed by atoms with Crippen LogP contribution >= 0.6 is 7.82 Å². The largest absolute Gasteiger partial charge is 0.756 e. The van der Waals surface area contributed by atoms with Crippen molar-refractivity contribution in [1.29, 1.82) is 0 Å². The number of unbranched alkanes of at least 4 members (excludes halogenated alkanes) is 21. The first-order valence-corrected chi connectivity index (χ1v) is 25.1. The number of quaternary nitrogens is 1. The average Bonchev–Trinajstić information content (AvgIpc) is 3.17. The van der Waals surface area contributed by atoms with Crippen molar-refractivity contribution in [2.45, 2.75) is 206 Å². The Labute approximate surface area is 358 Å². The second kappa shape index (κ2) is 40.6. The quantitative estimate of drug-likeness (QED) is 0.0274. The predicted octanol–water partition coefficient (Wildman–Crippen LogP) is 12.8. The van der Waals surface area contributed by atoms with Gasteiger partial charge in [-0.1, -0.05) is 171 Å². The molecule has 0 bridgehead atoms. The summed E-state index contributed by atoms with van der Waals surface area (Å²) in [5.41, 5.74) is 0. The summed E-state index contributed by atoms with van der Waals surface area (Å²) in [4.78, 5) is 25.3. The van der Waals surface area contributed by atoms with Crippen molar-refractivity contribution >= 4 is 13.7 Å². The third kappa shape index (κ3) is 42.3. The number of aliphatic hydroxyl groups excluding tert-OH is 1. The number of hydrogen-bond donors (Lipinski definition) is 2. The Hall–Kier alpha value is -1.80. The van der Waals surface area contributed by atoms with E-state index in [9.17, 15) is 19.4 Å². The number of carbonyl (C=O) groups excluding carboxylic acids is 1. The number of aliphatic hydroxyl groups is 1. The van der Waals surface area contributed by atoms with Gasteiger partial charge in [-0.25, -0.2) is 0 Å². The fourth-order valence-electron chi connectivity index (χ4n) is 6.39. The van der Waals surface area contributed by atoms with Gasteiger partial charge in [0.05, 0.1) is 39.9 Å². The van der Waals surface area contributed by atoms with Crippen LogP contribution in [0.4, 0.5) is 0 Å². The first-order chi connectivity index (χ1) is 28.0. The number of amides is 1. The summed E-state index contributed by atoms with van der Waals surface area (Å²) in [6.45, 7) is 4.57. The molecule has 0 heterocycles. The third-order valence-corrected chi connectivity index (χ3v) is 11.1. The van der Waals surface area contributed by atoms with E-state index in [4.69, 9.17) is 9.05 Å². The van der Waals surface area contributed by atoms with Gasteiger partial charge in [-0.05, 0) is 77.0 Å². The van der Waals surface area contributed by atoms with Crippen LogP contribution in [0.1, 0.15) is 194 Å². The van der Waals surface area contributed by atoms with E-state index in [1.54, 1.807) is 6.08 Å². The Morgan fingerprint density at radius 3 is 1.53 bits per heavy atom. The molecule has 338 valence electrons. The molecular weight excluding hydrogens is 744 g/mol. The van der Waals surface area contributed by atoms with Crippen molar-refractivity contribution in [2.24, 2.45) is 0 Å². The van der Waals surface area contributed by atoms with Gasteiger partial charge in [-0.15, -0.1) is 0 Å². The van der Waals surface area contributed by atoms with Crippen LogP contribution in [0, 0.1) is 0 Å². The minimum atomic E-state index is -4.60. The van der Waals surface area contributed by atoms with Crippen molar-refractivity contribution in [1.82, 2.24) is 5.32 Å². The Bertz CT molecular complexity index is 1130. The summed E-state index contributed by atoms with van der Waals surface area (Å²) in [6.07, 6.45) is 52.7. The number of allylic oxidation sites excluding steroid dienone is 9. The summed E-state index contributed by atoms with van der Waals surface area (Å²) in [6, 6.07) is -0.913. The summed E-state index contributed by atoms with van der Waals surface area (Å²) >= 11 is 0. The smallest absolute Gasteiger partial charge is 0.268 e. The molecular formula is C49H91N2O6P. The molecule has 0 saturated heterocycles. The number of nitrogens with one attached hydrogen (secondary N) is 1. The van der Waals surface area contributed by atoms with E-state index in [1.807, 2.05) is 27.2 Å². The molecule has 0 fully saturated rings. The van der Waals surface area contributed by atoms with Gasteiger partial charge in [-0.2, -0.15) is 0 Å². The van der Waals surface area contributed by atoms with Gasteiger partial charge < -0.3 is 28.8 Å². The van der Waals surface area contributed by atoms with Gasteiger partial charge >= 0.3 is 0 Å². The molecule has 3 unspecified atom stereocenters. The Kier molecular flexibility index (Phi) is 39.3. The molecule has 3 atom stereocenters. The van der Waals surface area contributed by atoms with Gasteiger partial charge in [0.2, 0.25) is 5.91 Å². The normalized spacial score (nSPS) is 14.8. The zero-order valence-electron chi connectivity index (χ0n) is 38.2. The van der Waals surface area contributed by atoms with E-state index < -0.39 is 26.6 Å². The van der Waals surface area contributed by atoms with Crippen molar-refractivity contribution in [2.75, 3.05) is 40.9 Å². The topological polar surface area (TPSA) is 108 Å². The second-order valence-electron chi connectivity index (χ2n) is 17.1. The lowest BCUT2D eigenvalue weighted by atomic mass is 10.1. The highest BCUT2D eigenvalue weighted by molar-refractivity contribution is 7.45. The van der Waals surface area contributed by atoms with Crippen LogP contribution in [-0.4, -0.2) is 68.5 Å². The average molecular weight is 835 g/mol. The molecule has 58 heavy (non-hydrogen) atoms. The monoisotopic (exact) mass is 835 g/mol. The number of phosphoric ester groups is 1. The summed E-state index contributed by atoms with van der Waals surface area (Å²) in [5, 5.41) is 13.8. The first kappa shape index (κ1) is 56.2. The number of carbonyl (C=O) groups is 1. The molecule has 0 aromatic heterocycles. The van der Waals surface area contributed by atoms with Gasteiger partial charge in [0.15, 0.2) is 0 Å². The van der Waals surface area contributed by atoms with Crippen LogP contribution in [-0.2, 0) is 18.4 Å². The predicted molar refractivity (Wildman–Crippen MR) is 247 cm³/mol. The Morgan fingerprint density at radius 2 is 1.02 bits per heavy atom. The molecule has 0 aromatic carbocycles. The van der Waals surface area contributed by atoms with Crippen molar-refractivity contribution in [3.63, 3.8) is 0 Å². The minimum Gasteiger partial charge on any atom is -0.756 e. The summed E-state index contributed by atoms with van der Waals surface area (Å²) in [7, 11) is 1.22. The molecule has 0 spiro atoms. The maximum Gasteiger partial charge on any atom is 0.268 e. The van der Waals surface area contributed by atoms with Gasteiger partial charge in [-0.3, -0.25) is 9.36 Å². The number of rotatable bonds is 42. The molecule has 1 amide bonds. The van der Waals surface area contributed by atoms with Crippen LogP contribution in [0.15, 0.2) is 60.8 Å². The van der Waals surface area contributed by atoms with Gasteiger partial charge in [0.25, 0.3) is 7.82 Å². The zero-order chi connectivity index (χ0) is 42.8. The first-order valence-electron chi connectivity index (χ1n) is 23.7. The lowest BCUT2D eigenvalue weighted by Gasteiger charge is -2.29. The van der Waals surface area contributed by atoms with Crippen LogP contribution in [0.3, 0.4) is 0 Å². The lowest BCUT2D eigenvalue weighted by molar-refractivity contribution is -0.870. The van der Waals surface area contributed by atoms with E-state index in [-0.39, 0.29) is 12.5 Å². The highest BCUT2D eigenvalue weighted by Crippen LogP contribution is 2.38. The van der Waals surface area contributed by atoms with Gasteiger partial charge in [0, 0.05) is 6.42 Å². The molecule has 9 heteroatoms.